The molecule has 3 heterocycles. The lowest BCUT2D eigenvalue weighted by molar-refractivity contribution is -0.131. The fourth-order valence-electron chi connectivity index (χ4n) is 3.34. The standard InChI is InChI=1S/C18H24N6O2/c1-11-15(12(2)23-22-11)7-18(26)24-6-4-5-17(24)16-10-19-8-14(21-16)9-20-13(3)25/h8,10,17H,4-7,9H2,1-3H3,(H,20,25)(H,22,23)/t17-/m0/s1. The highest BCUT2D eigenvalue weighted by molar-refractivity contribution is 5.80. The average Bonchev–Trinajstić information content (AvgIpc) is 3.22. The number of carbonyl (C=O) groups excluding carboxylic acids is 2. The maximum Gasteiger partial charge on any atom is 0.227 e. The van der Waals surface area contributed by atoms with Crippen LogP contribution in [0.1, 0.15) is 54.1 Å². The van der Waals surface area contributed by atoms with Gasteiger partial charge >= 0.3 is 0 Å². The molecular weight excluding hydrogens is 332 g/mol. The summed E-state index contributed by atoms with van der Waals surface area (Å²) < 4.78 is 0. The van der Waals surface area contributed by atoms with E-state index in [1.54, 1.807) is 12.4 Å². The Bertz CT molecular complexity index is 796. The number of rotatable bonds is 5. The van der Waals surface area contributed by atoms with Crippen molar-refractivity contribution < 1.29 is 9.59 Å². The summed E-state index contributed by atoms with van der Waals surface area (Å²) in [5, 5.41) is 9.82. The number of hydrogen-bond donors (Lipinski definition) is 2. The molecule has 2 amide bonds. The number of carbonyl (C=O) groups is 2. The molecule has 1 aliphatic rings. The van der Waals surface area contributed by atoms with Crippen molar-refractivity contribution >= 4 is 11.8 Å². The molecule has 2 N–H and O–H groups in total. The fourth-order valence-corrected chi connectivity index (χ4v) is 3.34. The van der Waals surface area contributed by atoms with Gasteiger partial charge in [0.25, 0.3) is 0 Å². The zero-order chi connectivity index (χ0) is 18.7. The summed E-state index contributed by atoms with van der Waals surface area (Å²) in [5.41, 5.74) is 4.23. The van der Waals surface area contributed by atoms with Gasteiger partial charge in [0.1, 0.15) is 0 Å². The van der Waals surface area contributed by atoms with Crippen molar-refractivity contribution in [2.24, 2.45) is 0 Å². The lowest BCUT2D eigenvalue weighted by atomic mass is 10.1. The van der Waals surface area contributed by atoms with Gasteiger partial charge in [-0.05, 0) is 26.7 Å². The first-order chi connectivity index (χ1) is 12.5. The van der Waals surface area contributed by atoms with E-state index < -0.39 is 0 Å². The van der Waals surface area contributed by atoms with Gasteiger partial charge in [0, 0.05) is 24.7 Å². The number of aryl methyl sites for hydroxylation is 2. The normalized spacial score (nSPS) is 16.7. The van der Waals surface area contributed by atoms with Crippen molar-refractivity contribution in [1.29, 1.82) is 0 Å². The van der Waals surface area contributed by atoms with Gasteiger partial charge < -0.3 is 10.2 Å². The second-order valence-electron chi connectivity index (χ2n) is 6.68. The van der Waals surface area contributed by atoms with Crippen LogP contribution in [0.4, 0.5) is 0 Å². The average molecular weight is 356 g/mol. The smallest absolute Gasteiger partial charge is 0.227 e. The Kier molecular flexibility index (Phi) is 5.29. The summed E-state index contributed by atoms with van der Waals surface area (Å²) in [4.78, 5) is 34.7. The summed E-state index contributed by atoms with van der Waals surface area (Å²) in [7, 11) is 0. The third-order valence-electron chi connectivity index (χ3n) is 4.74. The number of hydrogen-bond acceptors (Lipinski definition) is 5. The van der Waals surface area contributed by atoms with E-state index in [0.717, 1.165) is 42.0 Å². The first-order valence-corrected chi connectivity index (χ1v) is 8.81. The number of aromatic amines is 1. The minimum atomic E-state index is -0.110. The molecule has 0 radical (unpaired) electrons. The molecule has 0 aliphatic carbocycles. The number of amides is 2. The Hall–Kier alpha value is -2.77. The van der Waals surface area contributed by atoms with E-state index in [-0.39, 0.29) is 17.9 Å². The molecule has 26 heavy (non-hydrogen) atoms. The minimum Gasteiger partial charge on any atom is -0.351 e. The second kappa shape index (κ2) is 7.63. The number of nitrogens with zero attached hydrogens (tertiary/aromatic N) is 4. The molecule has 2 aromatic rings. The van der Waals surface area contributed by atoms with Gasteiger partial charge in [-0.1, -0.05) is 0 Å². The number of nitrogens with one attached hydrogen (secondary N) is 2. The van der Waals surface area contributed by atoms with E-state index >= 15 is 0 Å². The van der Waals surface area contributed by atoms with Gasteiger partial charge in [-0.25, -0.2) is 0 Å². The molecule has 0 saturated carbocycles. The summed E-state index contributed by atoms with van der Waals surface area (Å²) in [6.07, 6.45) is 5.50. The summed E-state index contributed by atoms with van der Waals surface area (Å²) >= 11 is 0. The van der Waals surface area contributed by atoms with E-state index in [9.17, 15) is 9.59 Å². The molecule has 1 saturated heterocycles. The van der Waals surface area contributed by atoms with Gasteiger partial charge in [-0.15, -0.1) is 0 Å². The van der Waals surface area contributed by atoms with Crippen molar-refractivity contribution in [3.8, 4) is 0 Å². The highest BCUT2D eigenvalue weighted by Gasteiger charge is 2.31. The molecule has 0 bridgehead atoms. The first kappa shape index (κ1) is 18.0. The van der Waals surface area contributed by atoms with Gasteiger partial charge in [0.05, 0.1) is 48.5 Å². The molecule has 1 aliphatic heterocycles. The van der Waals surface area contributed by atoms with E-state index in [4.69, 9.17) is 0 Å². The van der Waals surface area contributed by atoms with E-state index in [1.165, 1.54) is 6.92 Å². The van der Waals surface area contributed by atoms with Crippen molar-refractivity contribution in [3.63, 3.8) is 0 Å². The Labute approximate surface area is 152 Å². The van der Waals surface area contributed by atoms with Gasteiger partial charge in [0.2, 0.25) is 11.8 Å². The van der Waals surface area contributed by atoms with Crippen molar-refractivity contribution in [2.75, 3.05) is 6.54 Å². The van der Waals surface area contributed by atoms with Crippen LogP contribution in [0, 0.1) is 13.8 Å². The first-order valence-electron chi connectivity index (χ1n) is 8.81. The van der Waals surface area contributed by atoms with Crippen LogP contribution in [0.25, 0.3) is 0 Å². The van der Waals surface area contributed by atoms with Crippen LogP contribution in [-0.2, 0) is 22.6 Å². The van der Waals surface area contributed by atoms with Crippen LogP contribution in [-0.4, -0.2) is 43.4 Å². The van der Waals surface area contributed by atoms with Gasteiger partial charge in [-0.3, -0.25) is 24.7 Å². The van der Waals surface area contributed by atoms with Gasteiger partial charge in [-0.2, -0.15) is 5.10 Å². The molecule has 8 heteroatoms. The lowest BCUT2D eigenvalue weighted by Crippen LogP contribution is -2.32. The number of aromatic nitrogens is 4. The Balaban J connectivity index is 1.74. The van der Waals surface area contributed by atoms with E-state index in [0.29, 0.717) is 18.7 Å². The molecular formula is C18H24N6O2. The van der Waals surface area contributed by atoms with Crippen molar-refractivity contribution in [2.45, 2.75) is 52.6 Å². The summed E-state index contributed by atoms with van der Waals surface area (Å²) in [6, 6.07) is -0.0696. The quantitative estimate of drug-likeness (QED) is 0.842. The van der Waals surface area contributed by atoms with E-state index in [2.05, 4.69) is 25.5 Å². The molecule has 1 atom stereocenters. The Morgan fingerprint density at radius 2 is 2.15 bits per heavy atom. The van der Waals surface area contributed by atoms with Crippen LogP contribution in [0.2, 0.25) is 0 Å². The maximum atomic E-state index is 12.9. The van der Waals surface area contributed by atoms with Crippen LogP contribution in [0.3, 0.4) is 0 Å². The Morgan fingerprint density at radius 1 is 1.35 bits per heavy atom. The van der Waals surface area contributed by atoms with Crippen LogP contribution in [0.15, 0.2) is 12.4 Å². The minimum absolute atomic E-state index is 0.0696. The monoisotopic (exact) mass is 356 g/mol. The zero-order valence-electron chi connectivity index (χ0n) is 15.4. The molecule has 8 nitrogen and oxygen atoms in total. The van der Waals surface area contributed by atoms with Crippen LogP contribution in [0.5, 0.6) is 0 Å². The molecule has 0 aromatic carbocycles. The van der Waals surface area contributed by atoms with Crippen molar-refractivity contribution in [3.05, 3.63) is 40.7 Å². The number of likely N-dealkylation sites (tertiary alicyclic amines) is 1. The van der Waals surface area contributed by atoms with Crippen molar-refractivity contribution in [1.82, 2.24) is 30.4 Å². The Morgan fingerprint density at radius 3 is 2.85 bits per heavy atom. The van der Waals surface area contributed by atoms with Crippen LogP contribution >= 0.6 is 0 Å². The molecule has 3 rings (SSSR count). The molecule has 138 valence electrons. The summed E-state index contributed by atoms with van der Waals surface area (Å²) in [6.45, 7) is 6.36. The third kappa shape index (κ3) is 3.89. The van der Waals surface area contributed by atoms with E-state index in [1.807, 2.05) is 18.7 Å². The summed E-state index contributed by atoms with van der Waals surface area (Å²) in [5.74, 6) is -0.0325. The SMILES string of the molecule is CC(=O)NCc1cncc([C@@H]2CCCN2C(=O)Cc2c(C)n[nH]c2C)n1. The predicted molar refractivity (Wildman–Crippen MR) is 95.0 cm³/mol. The number of H-pyrrole nitrogens is 1. The predicted octanol–water partition coefficient (Wildman–Crippen LogP) is 1.36. The fraction of sp³-hybridized carbons (Fsp3) is 0.500. The molecule has 2 aromatic heterocycles. The zero-order valence-corrected chi connectivity index (χ0v) is 15.4. The molecule has 1 fully saturated rings. The van der Waals surface area contributed by atoms with Crippen LogP contribution < -0.4 is 5.32 Å². The molecule has 0 unspecified atom stereocenters. The topological polar surface area (TPSA) is 104 Å². The highest BCUT2D eigenvalue weighted by atomic mass is 16.2. The maximum absolute atomic E-state index is 12.9. The lowest BCUT2D eigenvalue weighted by Gasteiger charge is -2.24. The van der Waals surface area contributed by atoms with Gasteiger partial charge in [0.15, 0.2) is 0 Å². The third-order valence-corrected chi connectivity index (χ3v) is 4.74. The largest absolute Gasteiger partial charge is 0.351 e. The second-order valence-corrected chi connectivity index (χ2v) is 6.68. The molecule has 0 spiro atoms. The highest BCUT2D eigenvalue weighted by Crippen LogP contribution is 2.31.